The second-order valence-corrected chi connectivity index (χ2v) is 6.07. The first kappa shape index (κ1) is 13.0. The van der Waals surface area contributed by atoms with E-state index in [2.05, 4.69) is 0 Å². The minimum absolute atomic E-state index is 0.0474. The van der Waals surface area contributed by atoms with E-state index in [4.69, 9.17) is 21.5 Å². The number of nitrogens with two attached hydrogens (primary N) is 1. The topological polar surface area (TPSA) is 97.5 Å². The molecule has 1 aromatic carbocycles. The Morgan fingerprint density at radius 3 is 2.25 bits per heavy atom. The van der Waals surface area contributed by atoms with E-state index >= 15 is 0 Å². The van der Waals surface area contributed by atoms with Crippen molar-refractivity contribution in [3.63, 3.8) is 0 Å². The number of benzene rings is 1. The Kier molecular flexibility index (Phi) is 3.90. The van der Waals surface area contributed by atoms with Gasteiger partial charge in [-0.1, -0.05) is 12.1 Å². The highest BCUT2D eigenvalue weighted by atomic mass is 35.7. The van der Waals surface area contributed by atoms with Gasteiger partial charge in [-0.15, -0.1) is 0 Å². The maximum atomic E-state index is 10.9. The summed E-state index contributed by atoms with van der Waals surface area (Å²) < 4.78 is 21.7. The summed E-state index contributed by atoms with van der Waals surface area (Å²) in [6.45, 7) is 0. The molecule has 0 saturated heterocycles. The molecule has 88 valence electrons. The smallest absolute Gasteiger partial charge is 0.335 e. The number of carboxylic acids is 1. The van der Waals surface area contributed by atoms with Crippen LogP contribution >= 0.6 is 10.7 Å². The summed E-state index contributed by atoms with van der Waals surface area (Å²) in [6, 6.07) is 5.77. The first-order chi connectivity index (χ1) is 7.30. The van der Waals surface area contributed by atoms with E-state index in [9.17, 15) is 13.2 Å². The predicted molar refractivity (Wildman–Crippen MR) is 59.9 cm³/mol. The Morgan fingerprint density at radius 1 is 1.38 bits per heavy atom. The van der Waals surface area contributed by atoms with Crippen molar-refractivity contribution in [1.29, 1.82) is 0 Å². The highest BCUT2D eigenvalue weighted by molar-refractivity contribution is 8.14. The van der Waals surface area contributed by atoms with Crippen LogP contribution in [0.3, 0.4) is 0 Å². The Bertz CT molecular complexity index is 483. The van der Waals surface area contributed by atoms with Gasteiger partial charge in [0.05, 0.1) is 5.56 Å². The third-order valence-electron chi connectivity index (χ3n) is 2.00. The van der Waals surface area contributed by atoms with Gasteiger partial charge < -0.3 is 10.8 Å². The lowest BCUT2D eigenvalue weighted by atomic mass is 10.1. The highest BCUT2D eigenvalue weighted by Crippen LogP contribution is 2.11. The molecule has 0 heterocycles. The lowest BCUT2D eigenvalue weighted by molar-refractivity contribution is 0.0697. The van der Waals surface area contributed by atoms with Gasteiger partial charge in [0.2, 0.25) is 9.05 Å². The largest absolute Gasteiger partial charge is 0.478 e. The first-order valence-electron chi connectivity index (χ1n) is 4.32. The van der Waals surface area contributed by atoms with Crippen LogP contribution in [0.4, 0.5) is 0 Å². The Morgan fingerprint density at radius 2 is 1.88 bits per heavy atom. The number of hydrogen-bond donors (Lipinski definition) is 2. The van der Waals surface area contributed by atoms with Gasteiger partial charge in [0.25, 0.3) is 0 Å². The molecule has 0 aliphatic rings. The molecule has 0 radical (unpaired) electrons. The monoisotopic (exact) mass is 263 g/mol. The van der Waals surface area contributed by atoms with Crippen molar-refractivity contribution in [3.05, 3.63) is 35.4 Å². The van der Waals surface area contributed by atoms with E-state index in [1.807, 2.05) is 0 Å². The zero-order valence-electron chi connectivity index (χ0n) is 8.13. The van der Waals surface area contributed by atoms with Crippen molar-refractivity contribution in [3.8, 4) is 0 Å². The molecule has 16 heavy (non-hydrogen) atoms. The number of hydrogen-bond acceptors (Lipinski definition) is 4. The van der Waals surface area contributed by atoms with Gasteiger partial charge in [0, 0.05) is 17.1 Å². The summed E-state index contributed by atoms with van der Waals surface area (Å²) in [4.78, 5) is 10.6. The number of rotatable bonds is 4. The fourth-order valence-electron chi connectivity index (χ4n) is 1.12. The molecule has 7 heteroatoms. The van der Waals surface area contributed by atoms with Crippen molar-refractivity contribution in [1.82, 2.24) is 0 Å². The lowest BCUT2D eigenvalue weighted by Gasteiger charge is -2.07. The van der Waals surface area contributed by atoms with Gasteiger partial charge in [0.15, 0.2) is 0 Å². The van der Waals surface area contributed by atoms with Gasteiger partial charge in [-0.3, -0.25) is 0 Å². The van der Waals surface area contributed by atoms with Crippen LogP contribution in [0.5, 0.6) is 0 Å². The molecule has 1 unspecified atom stereocenters. The lowest BCUT2D eigenvalue weighted by Crippen LogP contribution is -2.29. The summed E-state index contributed by atoms with van der Waals surface area (Å²) in [5, 5.41) is 7.46. The molecule has 0 aliphatic heterocycles. The molecule has 5 nitrogen and oxygen atoms in total. The number of aromatic carboxylic acids is 1. The van der Waals surface area contributed by atoms with Crippen LogP contribution < -0.4 is 5.73 Å². The fraction of sp³-hybridized carbons (Fsp3) is 0.222. The first-order valence-corrected chi connectivity index (χ1v) is 6.69. The molecule has 0 bridgehead atoms. The van der Waals surface area contributed by atoms with Crippen LogP contribution in [-0.2, 0) is 15.5 Å². The normalized spacial score (nSPS) is 13.4. The second-order valence-electron chi connectivity index (χ2n) is 3.22. The van der Waals surface area contributed by atoms with E-state index in [1.54, 1.807) is 0 Å². The molecule has 0 aliphatic carbocycles. The van der Waals surface area contributed by atoms with Crippen molar-refractivity contribution >= 4 is 25.7 Å². The van der Waals surface area contributed by atoms with Crippen LogP contribution in [0, 0.1) is 0 Å². The summed E-state index contributed by atoms with van der Waals surface area (Å²) in [5.41, 5.74) is 6.09. The summed E-state index contributed by atoms with van der Waals surface area (Å²) in [6.07, 6.45) is 0.0474. The quantitative estimate of drug-likeness (QED) is 0.783. The average Bonchev–Trinajstić information content (AvgIpc) is 2.17. The molecule has 1 rings (SSSR count). The van der Waals surface area contributed by atoms with Gasteiger partial charge in [-0.2, -0.15) is 0 Å². The van der Waals surface area contributed by atoms with Crippen molar-refractivity contribution in [2.45, 2.75) is 11.8 Å². The summed E-state index contributed by atoms with van der Waals surface area (Å²) in [7, 11) is 1.27. The molecule has 0 saturated carbocycles. The Labute approximate surface area is 97.3 Å². The number of carboxylic acid groups (broad SMARTS) is 1. The fourth-order valence-corrected chi connectivity index (χ4v) is 1.70. The standard InChI is InChI=1S/C9H10ClNO4S/c10-16(14,15)8(11)5-6-1-3-7(4-2-6)9(12)13/h1-4,8H,5,11H2,(H,12,13). The van der Waals surface area contributed by atoms with Crippen LogP contribution in [0.25, 0.3) is 0 Å². The van der Waals surface area contributed by atoms with Crippen LogP contribution in [0.1, 0.15) is 15.9 Å². The maximum absolute atomic E-state index is 10.9. The van der Waals surface area contributed by atoms with Crippen LogP contribution in [0.15, 0.2) is 24.3 Å². The van der Waals surface area contributed by atoms with Gasteiger partial charge >= 0.3 is 5.97 Å². The third kappa shape index (κ3) is 3.48. The van der Waals surface area contributed by atoms with Crippen molar-refractivity contribution in [2.75, 3.05) is 0 Å². The molecule has 0 amide bonds. The molecule has 1 atom stereocenters. The minimum atomic E-state index is -3.79. The SMILES string of the molecule is NC(Cc1ccc(C(=O)O)cc1)S(=O)(=O)Cl. The van der Waals surface area contributed by atoms with E-state index in [0.29, 0.717) is 5.56 Å². The van der Waals surface area contributed by atoms with Crippen LogP contribution in [0.2, 0.25) is 0 Å². The Balaban J connectivity index is 2.81. The highest BCUT2D eigenvalue weighted by Gasteiger charge is 2.18. The van der Waals surface area contributed by atoms with E-state index in [-0.39, 0.29) is 12.0 Å². The predicted octanol–water partition coefficient (Wildman–Crippen LogP) is 0.781. The van der Waals surface area contributed by atoms with Crippen molar-refractivity contribution < 1.29 is 18.3 Å². The molecule has 1 aromatic rings. The third-order valence-corrected chi connectivity index (χ3v) is 3.58. The molecule has 3 N–H and O–H groups in total. The molecular weight excluding hydrogens is 254 g/mol. The van der Waals surface area contributed by atoms with Crippen molar-refractivity contribution in [2.24, 2.45) is 5.73 Å². The van der Waals surface area contributed by atoms with Gasteiger partial charge in [0.1, 0.15) is 5.37 Å². The Hall–Kier alpha value is -1.11. The summed E-state index contributed by atoms with van der Waals surface area (Å²) in [5.74, 6) is -1.04. The minimum Gasteiger partial charge on any atom is -0.478 e. The maximum Gasteiger partial charge on any atom is 0.335 e. The van der Waals surface area contributed by atoms with E-state index < -0.39 is 20.4 Å². The molecule has 0 spiro atoms. The zero-order chi connectivity index (χ0) is 12.3. The van der Waals surface area contributed by atoms with E-state index in [1.165, 1.54) is 24.3 Å². The average molecular weight is 264 g/mol. The molecule has 0 aromatic heterocycles. The number of carbonyl (C=O) groups is 1. The number of halogens is 1. The summed E-state index contributed by atoms with van der Waals surface area (Å²) >= 11 is 0. The van der Waals surface area contributed by atoms with Gasteiger partial charge in [-0.05, 0) is 17.7 Å². The molecule has 0 fully saturated rings. The van der Waals surface area contributed by atoms with Crippen LogP contribution in [-0.4, -0.2) is 24.9 Å². The second kappa shape index (κ2) is 4.82. The zero-order valence-corrected chi connectivity index (χ0v) is 9.70. The van der Waals surface area contributed by atoms with Gasteiger partial charge in [-0.25, -0.2) is 13.2 Å². The molecular formula is C9H10ClNO4S. The van der Waals surface area contributed by atoms with E-state index in [0.717, 1.165) is 0 Å².